The van der Waals surface area contributed by atoms with Crippen LogP contribution in [0.5, 0.6) is 0 Å². The molecule has 0 radical (unpaired) electrons. The van der Waals surface area contributed by atoms with Gasteiger partial charge in [0.05, 0.1) is 24.9 Å². The first-order valence-corrected chi connectivity index (χ1v) is 16.7. The zero-order valence-corrected chi connectivity index (χ0v) is 26.0. The fraction of sp³-hybridized carbons (Fsp3) is 0.500. The highest BCUT2D eigenvalue weighted by atomic mass is 32.2. The molecule has 1 aliphatic carbocycles. The number of aromatic nitrogens is 1. The van der Waals surface area contributed by atoms with Crippen LogP contribution < -0.4 is 4.72 Å². The van der Waals surface area contributed by atoms with Crippen LogP contribution >= 0.6 is 0 Å². The number of hydrogen-bond acceptors (Lipinski definition) is 5. The monoisotopic (exact) mass is 607 g/mol. The Labute approximate surface area is 253 Å². The summed E-state index contributed by atoms with van der Waals surface area (Å²) in [4.78, 5) is 30.6. The molecule has 2 aromatic carbocycles. The van der Waals surface area contributed by atoms with Crippen molar-refractivity contribution in [2.24, 2.45) is 0 Å². The Bertz CT molecular complexity index is 1640. The summed E-state index contributed by atoms with van der Waals surface area (Å²) in [6.45, 7) is 2.78. The second-order valence-electron chi connectivity index (χ2n) is 12.2. The minimum Gasteiger partial charge on any atom is -0.378 e. The van der Waals surface area contributed by atoms with Crippen LogP contribution in [0.3, 0.4) is 0 Å². The van der Waals surface area contributed by atoms with Crippen LogP contribution in [0.1, 0.15) is 59.5 Å². The van der Waals surface area contributed by atoms with Gasteiger partial charge in [0.25, 0.3) is 5.91 Å². The smallest absolute Gasteiger partial charge is 0.320 e. The average Bonchev–Trinajstić information content (AvgIpc) is 3.23. The molecule has 3 heterocycles. The average molecular weight is 608 g/mol. The number of morpholine rings is 1. The topological polar surface area (TPSA) is 104 Å². The summed E-state index contributed by atoms with van der Waals surface area (Å²) in [5.41, 5.74) is 5.99. The number of hydrogen-bond donors (Lipinski definition) is 1. The molecule has 11 heteroatoms. The van der Waals surface area contributed by atoms with Gasteiger partial charge in [0.2, 0.25) is 0 Å². The fourth-order valence-electron chi connectivity index (χ4n) is 6.92. The van der Waals surface area contributed by atoms with Crippen LogP contribution in [0.4, 0.5) is 4.79 Å². The molecular weight excluding hydrogens is 566 g/mol. The molecule has 2 aliphatic heterocycles. The Kier molecular flexibility index (Phi) is 8.23. The maximum atomic E-state index is 13.7. The number of amides is 3. The molecule has 1 saturated heterocycles. The second-order valence-corrected chi connectivity index (χ2v) is 14.1. The van der Waals surface area contributed by atoms with Crippen molar-refractivity contribution in [3.8, 4) is 11.3 Å². The van der Waals surface area contributed by atoms with E-state index in [9.17, 15) is 18.0 Å². The summed E-state index contributed by atoms with van der Waals surface area (Å²) in [5, 5.41) is 1.09. The molecule has 230 valence electrons. The first-order valence-electron chi connectivity index (χ1n) is 15.2. The van der Waals surface area contributed by atoms with Crippen LogP contribution in [0, 0.1) is 0 Å². The lowest BCUT2D eigenvalue weighted by molar-refractivity contribution is 0.0414. The molecule has 1 atom stereocenters. The van der Waals surface area contributed by atoms with Gasteiger partial charge < -0.3 is 19.1 Å². The molecule has 6 rings (SSSR count). The Hall–Kier alpha value is -3.41. The number of rotatable bonds is 5. The van der Waals surface area contributed by atoms with Gasteiger partial charge in [-0.3, -0.25) is 4.79 Å². The number of likely N-dealkylation sites (N-methyl/N-ethyl adjacent to an activating group) is 1. The number of ether oxygens (including phenoxy) is 1. The lowest BCUT2D eigenvalue weighted by Crippen LogP contribution is -2.51. The Morgan fingerprint density at radius 2 is 1.70 bits per heavy atom. The molecule has 0 bridgehead atoms. The van der Waals surface area contributed by atoms with Gasteiger partial charge in [0, 0.05) is 62.8 Å². The minimum absolute atomic E-state index is 0.00726. The van der Waals surface area contributed by atoms with Crippen molar-refractivity contribution in [3.05, 3.63) is 59.2 Å². The third kappa shape index (κ3) is 5.65. The first-order chi connectivity index (χ1) is 20.7. The van der Waals surface area contributed by atoms with E-state index in [4.69, 9.17) is 4.74 Å². The van der Waals surface area contributed by atoms with Crippen LogP contribution in [0.2, 0.25) is 0 Å². The molecule has 3 aliphatic rings. The third-order valence-electron chi connectivity index (χ3n) is 9.33. The van der Waals surface area contributed by atoms with E-state index in [1.807, 2.05) is 29.0 Å². The summed E-state index contributed by atoms with van der Waals surface area (Å²) in [6, 6.07) is 13.9. The van der Waals surface area contributed by atoms with Gasteiger partial charge in [-0.15, -0.1) is 0 Å². The lowest BCUT2D eigenvalue weighted by Gasteiger charge is -2.35. The minimum atomic E-state index is -3.94. The molecule has 1 N–H and O–H groups in total. The van der Waals surface area contributed by atoms with Crippen molar-refractivity contribution in [2.45, 2.75) is 57.0 Å². The van der Waals surface area contributed by atoms with E-state index in [1.54, 1.807) is 6.07 Å². The van der Waals surface area contributed by atoms with Crippen LogP contribution in [-0.2, 0) is 27.9 Å². The van der Waals surface area contributed by atoms with Crippen molar-refractivity contribution in [3.63, 3.8) is 0 Å². The predicted octanol–water partition coefficient (Wildman–Crippen LogP) is 4.20. The van der Waals surface area contributed by atoms with Gasteiger partial charge in [-0.05, 0) is 48.4 Å². The summed E-state index contributed by atoms with van der Waals surface area (Å²) < 4.78 is 35.8. The number of urea groups is 1. The fourth-order valence-corrected chi connectivity index (χ4v) is 7.46. The summed E-state index contributed by atoms with van der Waals surface area (Å²) in [7, 11) is 0.706. The Morgan fingerprint density at radius 1 is 0.977 bits per heavy atom. The molecule has 10 nitrogen and oxygen atoms in total. The Balaban J connectivity index is 1.50. The number of benzene rings is 2. The van der Waals surface area contributed by atoms with Gasteiger partial charge >= 0.3 is 16.2 Å². The van der Waals surface area contributed by atoms with Crippen molar-refractivity contribution < 1.29 is 22.7 Å². The normalized spacial score (nSPS) is 19.5. The molecule has 3 amide bonds. The van der Waals surface area contributed by atoms with Gasteiger partial charge in [0.15, 0.2) is 0 Å². The van der Waals surface area contributed by atoms with Crippen molar-refractivity contribution in [2.75, 3.05) is 47.4 Å². The maximum absolute atomic E-state index is 13.7. The van der Waals surface area contributed by atoms with E-state index in [1.165, 1.54) is 44.5 Å². The summed E-state index contributed by atoms with van der Waals surface area (Å²) >= 11 is 0. The highest BCUT2D eigenvalue weighted by molar-refractivity contribution is 7.87. The van der Waals surface area contributed by atoms with Gasteiger partial charge in [-0.25, -0.2) is 9.52 Å². The van der Waals surface area contributed by atoms with E-state index in [2.05, 4.69) is 33.6 Å². The summed E-state index contributed by atoms with van der Waals surface area (Å²) in [6.07, 6.45) is 6.52. The first kappa shape index (κ1) is 29.7. The zero-order chi connectivity index (χ0) is 30.3. The van der Waals surface area contributed by atoms with Crippen LogP contribution in [-0.4, -0.2) is 92.5 Å². The van der Waals surface area contributed by atoms with E-state index in [0.29, 0.717) is 45.2 Å². The number of carbonyl (C=O) groups is 2. The highest BCUT2D eigenvalue weighted by Crippen LogP contribution is 2.46. The number of nitrogens with zero attached hydrogens (tertiary/aromatic N) is 4. The van der Waals surface area contributed by atoms with E-state index in [-0.39, 0.29) is 17.6 Å². The number of nitrogens with one attached hydrogen (secondary N) is 1. The molecule has 1 aromatic heterocycles. The van der Waals surface area contributed by atoms with Crippen molar-refractivity contribution in [1.29, 1.82) is 0 Å². The zero-order valence-electron chi connectivity index (χ0n) is 25.2. The van der Waals surface area contributed by atoms with Crippen LogP contribution in [0.15, 0.2) is 42.5 Å². The van der Waals surface area contributed by atoms with Gasteiger partial charge in [0.1, 0.15) is 0 Å². The molecule has 3 aromatic rings. The number of carbonyl (C=O) groups excluding carboxylic acids is 2. The molecular formula is C32H41N5O5S. The predicted molar refractivity (Wildman–Crippen MR) is 166 cm³/mol. The summed E-state index contributed by atoms with van der Waals surface area (Å²) in [5.74, 6) is -0.283. The van der Waals surface area contributed by atoms with Gasteiger partial charge in [-0.2, -0.15) is 12.7 Å². The third-order valence-corrected chi connectivity index (χ3v) is 10.7. The molecule has 1 unspecified atom stereocenters. The molecule has 43 heavy (non-hydrogen) atoms. The number of fused-ring (bicyclic) bond motifs is 5. The van der Waals surface area contributed by atoms with E-state index < -0.39 is 16.1 Å². The highest BCUT2D eigenvalue weighted by Gasteiger charge is 2.34. The molecule has 0 spiro atoms. The lowest BCUT2D eigenvalue weighted by atomic mass is 9.81. The van der Waals surface area contributed by atoms with Crippen molar-refractivity contribution >= 4 is 33.1 Å². The maximum Gasteiger partial charge on any atom is 0.320 e. The Morgan fingerprint density at radius 3 is 2.42 bits per heavy atom. The van der Waals surface area contributed by atoms with E-state index >= 15 is 0 Å². The second kappa shape index (κ2) is 11.9. The largest absolute Gasteiger partial charge is 0.378 e. The standard InChI is InChI=1S/C32H41N5O5S/c1-34(2)43(40,41)33-31(38)24-13-14-27-28(20-24)37-21-25(35(3)32(39)36-15-17-42-18-16-36)19-23-11-7-8-12-26(23)30(37)29(27)22-9-5-4-6-10-22/h7-8,11-14,20,22,25H,4-6,9-10,15-19,21H2,1-3H3,(H,33,38). The molecule has 2 fully saturated rings. The van der Waals surface area contributed by atoms with Gasteiger partial charge in [-0.1, -0.05) is 49.6 Å². The SMILES string of the molecule is CN(C(=O)N1CCOCC1)C1Cc2ccccc2-c2c(C3CCCCC3)c3ccc(C(=O)NS(=O)(=O)N(C)C)cc3n2C1. The quantitative estimate of drug-likeness (QED) is 0.468. The molecule has 1 saturated carbocycles. The van der Waals surface area contributed by atoms with Crippen molar-refractivity contribution in [1.82, 2.24) is 23.4 Å². The van der Waals surface area contributed by atoms with E-state index in [0.717, 1.165) is 39.3 Å². The van der Waals surface area contributed by atoms with Crippen LogP contribution in [0.25, 0.3) is 22.2 Å².